The van der Waals surface area contributed by atoms with Gasteiger partial charge in [-0.25, -0.2) is 0 Å². The average Bonchev–Trinajstić information content (AvgIpc) is 3.26. The first-order valence-corrected chi connectivity index (χ1v) is 16.9. The van der Waals surface area contributed by atoms with Crippen molar-refractivity contribution in [2.75, 3.05) is 6.61 Å². The SMILES string of the molecule is ClC1=C(OCc2ccccc2)[C@@H](OCc2ccccc2)[C@H](OCc2ccccc2)[C@@H](COCc2ccccc2)O[C@@H]1OCc1ccccc1. The van der Waals surface area contributed by atoms with Gasteiger partial charge in [-0.15, -0.1) is 0 Å². The molecule has 0 bridgehead atoms. The smallest absolute Gasteiger partial charge is 0.198 e. The fourth-order valence-electron chi connectivity index (χ4n) is 5.53. The number of benzene rings is 5. The Kier molecular flexibility index (Phi) is 13.0. The summed E-state index contributed by atoms with van der Waals surface area (Å²) in [4.78, 5) is 0. The van der Waals surface area contributed by atoms with Gasteiger partial charge in [0.05, 0.1) is 33.0 Å². The maximum absolute atomic E-state index is 7.27. The van der Waals surface area contributed by atoms with Crippen molar-refractivity contribution in [1.82, 2.24) is 0 Å². The standard InChI is InChI=1S/C42H41ClO6/c43-38-40(46-28-34-20-10-3-11-21-34)41(47-29-35-22-12-4-13-23-35)39(45-27-33-18-8-2-9-19-33)37(31-44-26-32-16-6-1-7-17-32)49-42(38)48-30-36-24-14-5-15-25-36/h1-25,37,39,41-42H,26-31H2/t37-,39-,41+,42+/m1/s1. The lowest BCUT2D eigenvalue weighted by molar-refractivity contribution is -0.210. The maximum atomic E-state index is 7.27. The van der Waals surface area contributed by atoms with Crippen molar-refractivity contribution in [3.8, 4) is 0 Å². The molecule has 0 N–H and O–H groups in total. The van der Waals surface area contributed by atoms with E-state index in [1.807, 2.05) is 152 Å². The normalized spacial score (nSPS) is 19.4. The summed E-state index contributed by atoms with van der Waals surface area (Å²) in [5.74, 6) is 0.406. The van der Waals surface area contributed by atoms with E-state index in [0.717, 1.165) is 27.8 Å². The number of halogens is 1. The van der Waals surface area contributed by atoms with Crippen molar-refractivity contribution < 1.29 is 28.4 Å². The van der Waals surface area contributed by atoms with Crippen LogP contribution in [0.5, 0.6) is 0 Å². The van der Waals surface area contributed by atoms with Crippen LogP contribution in [0, 0.1) is 0 Å². The number of hydrogen-bond donors (Lipinski definition) is 0. The Bertz CT molecular complexity index is 1690. The van der Waals surface area contributed by atoms with Crippen molar-refractivity contribution >= 4 is 11.6 Å². The van der Waals surface area contributed by atoms with Crippen LogP contribution in [0.15, 0.2) is 162 Å². The summed E-state index contributed by atoms with van der Waals surface area (Å²) in [7, 11) is 0. The lowest BCUT2D eigenvalue weighted by Gasteiger charge is -2.32. The quantitative estimate of drug-likeness (QED) is 0.104. The Hall–Kier alpha value is -4.27. The van der Waals surface area contributed by atoms with E-state index in [0.29, 0.717) is 25.6 Å². The third kappa shape index (κ3) is 10.4. The zero-order valence-electron chi connectivity index (χ0n) is 27.3. The van der Waals surface area contributed by atoms with Crippen LogP contribution >= 0.6 is 11.6 Å². The van der Waals surface area contributed by atoms with E-state index in [1.54, 1.807) is 0 Å². The lowest BCUT2D eigenvalue weighted by Crippen LogP contribution is -2.45. The summed E-state index contributed by atoms with van der Waals surface area (Å²) in [5, 5.41) is 0.267. The highest BCUT2D eigenvalue weighted by molar-refractivity contribution is 6.30. The second kappa shape index (κ2) is 18.5. The lowest BCUT2D eigenvalue weighted by atomic mass is 10.1. The largest absolute Gasteiger partial charge is 0.489 e. The molecule has 1 aliphatic heterocycles. The highest BCUT2D eigenvalue weighted by atomic mass is 35.5. The molecule has 0 spiro atoms. The van der Waals surface area contributed by atoms with Gasteiger partial charge in [-0.05, 0) is 27.8 Å². The van der Waals surface area contributed by atoms with Crippen LogP contribution in [0.1, 0.15) is 27.8 Å². The minimum absolute atomic E-state index is 0.195. The van der Waals surface area contributed by atoms with Gasteiger partial charge in [-0.3, -0.25) is 0 Å². The van der Waals surface area contributed by atoms with E-state index in [-0.39, 0.29) is 24.9 Å². The molecule has 1 heterocycles. The van der Waals surface area contributed by atoms with Gasteiger partial charge in [0, 0.05) is 0 Å². The molecule has 0 amide bonds. The molecule has 6 nitrogen and oxygen atoms in total. The topological polar surface area (TPSA) is 55.4 Å². The van der Waals surface area contributed by atoms with E-state index < -0.39 is 24.6 Å². The molecule has 0 unspecified atom stereocenters. The molecule has 5 aromatic rings. The maximum Gasteiger partial charge on any atom is 0.198 e. The molecule has 6 rings (SSSR count). The van der Waals surface area contributed by atoms with Gasteiger partial charge in [-0.1, -0.05) is 163 Å². The van der Waals surface area contributed by atoms with Crippen LogP contribution in [0.4, 0.5) is 0 Å². The second-order valence-electron chi connectivity index (χ2n) is 11.8. The molecule has 0 aromatic heterocycles. The van der Waals surface area contributed by atoms with E-state index in [2.05, 4.69) is 0 Å². The predicted octanol–water partition coefficient (Wildman–Crippen LogP) is 8.98. The summed E-state index contributed by atoms with van der Waals surface area (Å²) in [6, 6.07) is 49.9. The molecular weight excluding hydrogens is 636 g/mol. The van der Waals surface area contributed by atoms with Crippen LogP contribution in [0.25, 0.3) is 0 Å². The Balaban J connectivity index is 1.35. The Morgan fingerprint density at radius 1 is 0.469 bits per heavy atom. The Labute approximate surface area is 293 Å². The zero-order chi connectivity index (χ0) is 33.5. The van der Waals surface area contributed by atoms with Crippen LogP contribution in [0.3, 0.4) is 0 Å². The molecule has 0 saturated heterocycles. The minimum atomic E-state index is -0.967. The van der Waals surface area contributed by atoms with Crippen molar-refractivity contribution in [2.24, 2.45) is 0 Å². The monoisotopic (exact) mass is 676 g/mol. The van der Waals surface area contributed by atoms with E-state index in [9.17, 15) is 0 Å². The first kappa shape index (κ1) is 34.6. The van der Waals surface area contributed by atoms with Crippen LogP contribution in [0.2, 0.25) is 0 Å². The van der Waals surface area contributed by atoms with Crippen molar-refractivity contribution in [1.29, 1.82) is 0 Å². The molecule has 1 aliphatic rings. The van der Waals surface area contributed by atoms with Crippen LogP contribution in [-0.4, -0.2) is 31.2 Å². The van der Waals surface area contributed by atoms with Gasteiger partial charge in [0.2, 0.25) is 0 Å². The Morgan fingerprint density at radius 3 is 1.37 bits per heavy atom. The predicted molar refractivity (Wildman–Crippen MR) is 190 cm³/mol. The third-order valence-electron chi connectivity index (χ3n) is 8.10. The molecule has 4 atom stereocenters. The summed E-state index contributed by atoms with van der Waals surface area (Å²) >= 11 is 7.27. The van der Waals surface area contributed by atoms with Crippen LogP contribution < -0.4 is 0 Å². The van der Waals surface area contributed by atoms with Gasteiger partial charge in [0.15, 0.2) is 6.29 Å². The summed E-state index contributed by atoms with van der Waals surface area (Å²) in [6.07, 6.45) is -3.04. The number of rotatable bonds is 16. The molecule has 5 aromatic carbocycles. The first-order chi connectivity index (χ1) is 24.2. The van der Waals surface area contributed by atoms with E-state index in [1.165, 1.54) is 0 Å². The summed E-state index contributed by atoms with van der Waals surface area (Å²) in [5.41, 5.74) is 5.03. The minimum Gasteiger partial charge on any atom is -0.489 e. The number of hydrogen-bond acceptors (Lipinski definition) is 6. The van der Waals surface area contributed by atoms with Gasteiger partial charge < -0.3 is 28.4 Å². The number of ether oxygens (including phenoxy) is 6. The average molecular weight is 677 g/mol. The molecule has 7 heteroatoms. The molecule has 0 saturated carbocycles. The van der Waals surface area contributed by atoms with Crippen molar-refractivity contribution in [3.05, 3.63) is 190 Å². The fourth-order valence-corrected chi connectivity index (χ4v) is 5.81. The third-order valence-corrected chi connectivity index (χ3v) is 8.46. The second-order valence-corrected chi connectivity index (χ2v) is 12.2. The Morgan fingerprint density at radius 2 is 0.878 bits per heavy atom. The molecular formula is C42H41ClO6. The molecule has 252 valence electrons. The van der Waals surface area contributed by atoms with E-state index in [4.69, 9.17) is 40.0 Å². The first-order valence-electron chi connectivity index (χ1n) is 16.5. The van der Waals surface area contributed by atoms with Crippen molar-refractivity contribution in [2.45, 2.75) is 57.6 Å². The van der Waals surface area contributed by atoms with Gasteiger partial charge >= 0.3 is 0 Å². The molecule has 49 heavy (non-hydrogen) atoms. The van der Waals surface area contributed by atoms with E-state index >= 15 is 0 Å². The zero-order valence-corrected chi connectivity index (χ0v) is 28.1. The molecule has 0 radical (unpaired) electrons. The van der Waals surface area contributed by atoms with Gasteiger partial charge in [0.1, 0.15) is 35.7 Å². The summed E-state index contributed by atoms with van der Waals surface area (Å²) < 4.78 is 39.5. The van der Waals surface area contributed by atoms with Crippen LogP contribution in [-0.2, 0) is 61.5 Å². The highest BCUT2D eigenvalue weighted by Gasteiger charge is 2.44. The van der Waals surface area contributed by atoms with Gasteiger partial charge in [-0.2, -0.15) is 0 Å². The molecule has 0 aliphatic carbocycles. The summed E-state index contributed by atoms with van der Waals surface area (Å²) in [6.45, 7) is 1.75. The molecule has 0 fully saturated rings. The van der Waals surface area contributed by atoms with Gasteiger partial charge in [0.25, 0.3) is 0 Å². The highest BCUT2D eigenvalue weighted by Crippen LogP contribution is 2.35. The fraction of sp³-hybridized carbons (Fsp3) is 0.238. The van der Waals surface area contributed by atoms with Crippen molar-refractivity contribution in [3.63, 3.8) is 0 Å².